The highest BCUT2D eigenvalue weighted by molar-refractivity contribution is 7.80. The summed E-state index contributed by atoms with van der Waals surface area (Å²) in [7, 11) is 0. The molecule has 0 unspecified atom stereocenters. The molecule has 1 fully saturated rings. The van der Waals surface area contributed by atoms with Crippen LogP contribution in [0.5, 0.6) is 0 Å². The molecule has 4 heteroatoms. The fourth-order valence-electron chi connectivity index (χ4n) is 2.24. The van der Waals surface area contributed by atoms with Crippen LogP contribution < -0.4 is 5.73 Å². The summed E-state index contributed by atoms with van der Waals surface area (Å²) in [5.41, 5.74) is 5.17. The molecule has 0 aromatic rings. The van der Waals surface area contributed by atoms with E-state index in [1.165, 1.54) is 0 Å². The van der Waals surface area contributed by atoms with Gasteiger partial charge < -0.3 is 10.6 Å². The summed E-state index contributed by atoms with van der Waals surface area (Å²) in [6.07, 6.45) is 3.64. The second-order valence-electron chi connectivity index (χ2n) is 4.48. The van der Waals surface area contributed by atoms with Gasteiger partial charge in [0.25, 0.3) is 0 Å². The molecule has 0 heterocycles. The fraction of sp³-hybridized carbons (Fsp3) is 0.833. The van der Waals surface area contributed by atoms with Gasteiger partial charge in [-0.05, 0) is 32.6 Å². The Morgan fingerprint density at radius 2 is 1.88 bits per heavy atom. The lowest BCUT2D eigenvalue weighted by Gasteiger charge is -2.35. The molecule has 1 aliphatic carbocycles. The first-order valence-electron chi connectivity index (χ1n) is 6.14. The molecule has 0 aromatic carbocycles. The monoisotopic (exact) mass is 242 g/mol. The van der Waals surface area contributed by atoms with Crippen LogP contribution in [-0.4, -0.2) is 28.4 Å². The molecule has 16 heavy (non-hydrogen) atoms. The van der Waals surface area contributed by atoms with Gasteiger partial charge in [-0.25, -0.2) is 0 Å². The first-order valence-corrected chi connectivity index (χ1v) is 6.55. The van der Waals surface area contributed by atoms with Crippen LogP contribution in [0.2, 0.25) is 0 Å². The summed E-state index contributed by atoms with van der Waals surface area (Å²) >= 11 is 5.11. The second kappa shape index (κ2) is 5.13. The molecule has 0 aromatic heterocycles. The number of hydrogen-bond acceptors (Lipinski definition) is 2. The van der Waals surface area contributed by atoms with Crippen molar-refractivity contribution in [2.75, 3.05) is 6.54 Å². The minimum Gasteiger partial charge on any atom is -0.392 e. The molecule has 92 valence electrons. The Balaban J connectivity index is 2.92. The largest absolute Gasteiger partial charge is 0.392 e. The van der Waals surface area contributed by atoms with Crippen molar-refractivity contribution in [3.8, 4) is 0 Å². The van der Waals surface area contributed by atoms with E-state index in [2.05, 4.69) is 0 Å². The molecule has 1 saturated carbocycles. The highest BCUT2D eigenvalue weighted by Crippen LogP contribution is 2.35. The van der Waals surface area contributed by atoms with Gasteiger partial charge in [0.15, 0.2) is 0 Å². The van der Waals surface area contributed by atoms with Crippen LogP contribution in [0.15, 0.2) is 0 Å². The first-order chi connectivity index (χ1) is 7.53. The molecule has 2 N–H and O–H groups in total. The highest BCUT2D eigenvalue weighted by Gasteiger charge is 2.44. The Kier molecular flexibility index (Phi) is 4.30. The number of carbonyl (C=O) groups is 1. The standard InChI is InChI=1S/C12H22N2OS/c1-4-12(5-2,10(13)16)11(15)14(6-3)9-7-8-9/h9H,4-8H2,1-3H3,(H2,13,16). The van der Waals surface area contributed by atoms with Gasteiger partial charge in [-0.1, -0.05) is 26.1 Å². The second-order valence-corrected chi connectivity index (χ2v) is 4.92. The maximum Gasteiger partial charge on any atom is 0.235 e. The average molecular weight is 242 g/mol. The molecule has 0 aliphatic heterocycles. The van der Waals surface area contributed by atoms with Crippen molar-refractivity contribution in [2.45, 2.75) is 52.5 Å². The van der Waals surface area contributed by atoms with E-state index in [0.717, 1.165) is 19.4 Å². The van der Waals surface area contributed by atoms with Crippen molar-refractivity contribution >= 4 is 23.1 Å². The topological polar surface area (TPSA) is 46.3 Å². The number of nitrogens with zero attached hydrogens (tertiary/aromatic N) is 1. The van der Waals surface area contributed by atoms with Crippen LogP contribution >= 0.6 is 12.2 Å². The van der Waals surface area contributed by atoms with Gasteiger partial charge in [0.05, 0.1) is 10.4 Å². The van der Waals surface area contributed by atoms with Crippen LogP contribution in [0.4, 0.5) is 0 Å². The molecular weight excluding hydrogens is 220 g/mol. The Hall–Kier alpha value is -0.640. The molecule has 3 nitrogen and oxygen atoms in total. The van der Waals surface area contributed by atoms with E-state index in [1.54, 1.807) is 0 Å². The lowest BCUT2D eigenvalue weighted by Crippen LogP contribution is -2.50. The smallest absolute Gasteiger partial charge is 0.235 e. The lowest BCUT2D eigenvalue weighted by molar-refractivity contribution is -0.139. The predicted octanol–water partition coefficient (Wildman–Crippen LogP) is 2.09. The van der Waals surface area contributed by atoms with Gasteiger partial charge in [-0.2, -0.15) is 0 Å². The molecule has 0 spiro atoms. The Morgan fingerprint density at radius 1 is 1.38 bits per heavy atom. The molecule has 1 amide bonds. The number of carbonyl (C=O) groups excluding carboxylic acids is 1. The maximum absolute atomic E-state index is 12.5. The third kappa shape index (κ3) is 2.21. The summed E-state index contributed by atoms with van der Waals surface area (Å²) in [4.78, 5) is 14.8. The van der Waals surface area contributed by atoms with Crippen LogP contribution in [0, 0.1) is 5.41 Å². The third-order valence-electron chi connectivity index (χ3n) is 3.68. The van der Waals surface area contributed by atoms with E-state index in [-0.39, 0.29) is 5.91 Å². The van der Waals surface area contributed by atoms with E-state index in [9.17, 15) is 4.79 Å². The number of hydrogen-bond donors (Lipinski definition) is 1. The Labute approximate surface area is 103 Å². The van der Waals surface area contributed by atoms with E-state index < -0.39 is 5.41 Å². The van der Waals surface area contributed by atoms with Gasteiger partial charge in [-0.15, -0.1) is 0 Å². The summed E-state index contributed by atoms with van der Waals surface area (Å²) in [5.74, 6) is 0.134. The molecular formula is C12H22N2OS. The number of rotatable bonds is 6. The average Bonchev–Trinajstić information content (AvgIpc) is 3.05. The molecule has 0 saturated heterocycles. The normalized spacial score (nSPS) is 15.9. The van der Waals surface area contributed by atoms with E-state index >= 15 is 0 Å². The van der Waals surface area contributed by atoms with Crippen molar-refractivity contribution < 1.29 is 4.79 Å². The summed E-state index contributed by atoms with van der Waals surface area (Å²) in [5, 5.41) is 0. The molecule has 0 radical (unpaired) electrons. The lowest BCUT2D eigenvalue weighted by atomic mass is 9.80. The minimum atomic E-state index is -0.617. The molecule has 1 aliphatic rings. The van der Waals surface area contributed by atoms with Gasteiger partial charge in [0, 0.05) is 12.6 Å². The number of amides is 1. The van der Waals surface area contributed by atoms with Crippen molar-refractivity contribution in [1.82, 2.24) is 4.90 Å². The zero-order valence-corrected chi connectivity index (χ0v) is 11.3. The van der Waals surface area contributed by atoms with Crippen LogP contribution in [0.1, 0.15) is 46.5 Å². The first kappa shape index (κ1) is 13.4. The number of thiocarbonyl (C=S) groups is 1. The van der Waals surface area contributed by atoms with Crippen molar-refractivity contribution in [2.24, 2.45) is 11.1 Å². The zero-order chi connectivity index (χ0) is 12.3. The molecule has 1 rings (SSSR count). The van der Waals surface area contributed by atoms with Gasteiger partial charge >= 0.3 is 0 Å². The zero-order valence-electron chi connectivity index (χ0n) is 10.5. The number of nitrogens with two attached hydrogens (primary N) is 1. The molecule has 0 atom stereocenters. The maximum atomic E-state index is 12.5. The quantitative estimate of drug-likeness (QED) is 0.725. The minimum absolute atomic E-state index is 0.134. The fourth-order valence-corrected chi connectivity index (χ4v) is 2.61. The summed E-state index contributed by atoms with van der Waals surface area (Å²) in [6.45, 7) is 6.75. The third-order valence-corrected chi connectivity index (χ3v) is 4.07. The van der Waals surface area contributed by atoms with Crippen LogP contribution in [-0.2, 0) is 4.79 Å². The highest BCUT2D eigenvalue weighted by atomic mass is 32.1. The Morgan fingerprint density at radius 3 is 2.12 bits per heavy atom. The molecule has 0 bridgehead atoms. The van der Waals surface area contributed by atoms with Gasteiger partial charge in [0.2, 0.25) is 5.91 Å². The van der Waals surface area contributed by atoms with Crippen molar-refractivity contribution in [1.29, 1.82) is 0 Å². The van der Waals surface area contributed by atoms with Gasteiger partial charge in [-0.3, -0.25) is 4.79 Å². The van der Waals surface area contributed by atoms with E-state index in [4.69, 9.17) is 18.0 Å². The Bertz CT molecular complexity index is 283. The summed E-state index contributed by atoms with van der Waals surface area (Å²) < 4.78 is 0. The van der Waals surface area contributed by atoms with Crippen molar-refractivity contribution in [3.63, 3.8) is 0 Å². The van der Waals surface area contributed by atoms with Crippen LogP contribution in [0.25, 0.3) is 0 Å². The summed E-state index contributed by atoms with van der Waals surface area (Å²) in [6, 6.07) is 0.435. The van der Waals surface area contributed by atoms with E-state index in [0.29, 0.717) is 23.9 Å². The van der Waals surface area contributed by atoms with Crippen LogP contribution in [0.3, 0.4) is 0 Å². The van der Waals surface area contributed by atoms with E-state index in [1.807, 2.05) is 25.7 Å². The SMILES string of the molecule is CCN(C(=O)C(CC)(CC)C(N)=S)C1CC1. The predicted molar refractivity (Wildman–Crippen MR) is 70.2 cm³/mol. The van der Waals surface area contributed by atoms with Gasteiger partial charge in [0.1, 0.15) is 0 Å². The van der Waals surface area contributed by atoms with Crippen molar-refractivity contribution in [3.05, 3.63) is 0 Å².